The third-order valence-electron chi connectivity index (χ3n) is 4.65. The summed E-state index contributed by atoms with van der Waals surface area (Å²) in [4.78, 5) is 0. The van der Waals surface area contributed by atoms with E-state index in [2.05, 4.69) is 60.7 Å². The van der Waals surface area contributed by atoms with E-state index in [1.807, 2.05) is 0 Å². The minimum Gasteiger partial charge on any atom is -0.327 e. The second-order valence-corrected chi connectivity index (χ2v) is 6.03. The molecule has 104 valence electrons. The largest absolute Gasteiger partial charge is 0.327 e. The summed E-state index contributed by atoms with van der Waals surface area (Å²) in [5.41, 5.74) is 9.27. The highest BCUT2D eigenvalue weighted by molar-refractivity contribution is 5.21. The highest BCUT2D eigenvalue weighted by atomic mass is 14.7. The van der Waals surface area contributed by atoms with E-state index in [1.165, 1.54) is 24.0 Å². The van der Waals surface area contributed by atoms with Crippen LogP contribution in [0.5, 0.6) is 0 Å². The number of rotatable bonds is 3. The first-order valence-electron chi connectivity index (χ1n) is 7.67. The van der Waals surface area contributed by atoms with Gasteiger partial charge in [0, 0.05) is 6.04 Å². The maximum Gasteiger partial charge on any atom is 0.00707 e. The number of hydrogen-bond donors (Lipinski definition) is 1. The van der Waals surface area contributed by atoms with E-state index < -0.39 is 0 Å². The summed E-state index contributed by atoms with van der Waals surface area (Å²) in [6, 6.07) is 22.1. The molecule has 0 saturated heterocycles. The van der Waals surface area contributed by atoms with Crippen molar-refractivity contribution in [2.45, 2.75) is 37.6 Å². The summed E-state index contributed by atoms with van der Waals surface area (Å²) < 4.78 is 0. The minimum atomic E-state index is 0.357. The molecule has 1 aliphatic carbocycles. The standard InChI is InChI=1S/C19H23N/c20-19-12-11-17(16-9-5-2-6-10-16)14-18(19)13-15-7-3-1-4-8-15/h1-10,17-19H,11-14,20H2. The minimum absolute atomic E-state index is 0.357. The molecule has 0 aromatic heterocycles. The molecule has 0 spiro atoms. The summed E-state index contributed by atoms with van der Waals surface area (Å²) in [6.45, 7) is 0. The normalized spacial score (nSPS) is 26.4. The molecule has 1 fully saturated rings. The van der Waals surface area contributed by atoms with Crippen molar-refractivity contribution in [2.24, 2.45) is 11.7 Å². The molecule has 0 heterocycles. The maximum atomic E-state index is 6.37. The quantitative estimate of drug-likeness (QED) is 0.886. The van der Waals surface area contributed by atoms with Crippen molar-refractivity contribution in [3.8, 4) is 0 Å². The highest BCUT2D eigenvalue weighted by Crippen LogP contribution is 2.37. The zero-order valence-corrected chi connectivity index (χ0v) is 11.9. The summed E-state index contributed by atoms with van der Waals surface area (Å²) in [5, 5.41) is 0. The third kappa shape index (κ3) is 3.10. The zero-order chi connectivity index (χ0) is 13.8. The van der Waals surface area contributed by atoms with E-state index in [0.29, 0.717) is 17.9 Å². The van der Waals surface area contributed by atoms with Crippen molar-refractivity contribution in [1.82, 2.24) is 0 Å². The SMILES string of the molecule is NC1CCC(c2ccccc2)CC1Cc1ccccc1. The van der Waals surface area contributed by atoms with Gasteiger partial charge in [-0.3, -0.25) is 0 Å². The van der Waals surface area contributed by atoms with Gasteiger partial charge in [-0.1, -0.05) is 60.7 Å². The summed E-state index contributed by atoms with van der Waals surface area (Å²) in [5.74, 6) is 1.29. The molecule has 1 nitrogen and oxygen atoms in total. The van der Waals surface area contributed by atoms with Gasteiger partial charge >= 0.3 is 0 Å². The third-order valence-corrected chi connectivity index (χ3v) is 4.65. The van der Waals surface area contributed by atoms with E-state index in [0.717, 1.165) is 12.8 Å². The van der Waals surface area contributed by atoms with Crippen molar-refractivity contribution in [3.05, 3.63) is 71.8 Å². The molecule has 1 aliphatic rings. The Hall–Kier alpha value is -1.60. The summed E-state index contributed by atoms with van der Waals surface area (Å²) in [7, 11) is 0. The second kappa shape index (κ2) is 6.23. The van der Waals surface area contributed by atoms with Crippen LogP contribution in [-0.2, 0) is 6.42 Å². The number of benzene rings is 2. The van der Waals surface area contributed by atoms with Crippen LogP contribution in [0.1, 0.15) is 36.3 Å². The Balaban J connectivity index is 1.71. The van der Waals surface area contributed by atoms with Gasteiger partial charge in [0.15, 0.2) is 0 Å². The molecule has 3 atom stereocenters. The second-order valence-electron chi connectivity index (χ2n) is 6.03. The smallest absolute Gasteiger partial charge is 0.00707 e. The van der Waals surface area contributed by atoms with Crippen LogP contribution in [0.4, 0.5) is 0 Å². The van der Waals surface area contributed by atoms with Gasteiger partial charge in [-0.15, -0.1) is 0 Å². The van der Waals surface area contributed by atoms with Crippen LogP contribution in [0, 0.1) is 5.92 Å². The van der Waals surface area contributed by atoms with Crippen molar-refractivity contribution in [3.63, 3.8) is 0 Å². The molecule has 1 saturated carbocycles. The molecule has 20 heavy (non-hydrogen) atoms. The molecule has 1 heteroatoms. The van der Waals surface area contributed by atoms with Crippen LogP contribution in [0.25, 0.3) is 0 Å². The van der Waals surface area contributed by atoms with Crippen molar-refractivity contribution >= 4 is 0 Å². The topological polar surface area (TPSA) is 26.0 Å². The van der Waals surface area contributed by atoms with E-state index in [1.54, 1.807) is 0 Å². The van der Waals surface area contributed by atoms with Crippen LogP contribution in [0.3, 0.4) is 0 Å². The lowest BCUT2D eigenvalue weighted by Crippen LogP contribution is -2.36. The van der Waals surface area contributed by atoms with E-state index in [4.69, 9.17) is 5.73 Å². The van der Waals surface area contributed by atoms with E-state index in [-0.39, 0.29) is 0 Å². The van der Waals surface area contributed by atoms with Gasteiger partial charge in [0.1, 0.15) is 0 Å². The summed E-state index contributed by atoms with van der Waals surface area (Å²) >= 11 is 0. The predicted molar refractivity (Wildman–Crippen MR) is 84.6 cm³/mol. The van der Waals surface area contributed by atoms with E-state index >= 15 is 0 Å². The molecule has 2 aromatic rings. The molecule has 0 bridgehead atoms. The van der Waals surface area contributed by atoms with E-state index in [9.17, 15) is 0 Å². The van der Waals surface area contributed by atoms with Gasteiger partial charge in [-0.05, 0) is 48.6 Å². The average molecular weight is 265 g/mol. The monoisotopic (exact) mass is 265 g/mol. The van der Waals surface area contributed by atoms with Crippen molar-refractivity contribution < 1.29 is 0 Å². The van der Waals surface area contributed by atoms with Crippen LogP contribution < -0.4 is 5.73 Å². The molecular formula is C19H23N. The van der Waals surface area contributed by atoms with Gasteiger partial charge in [0.25, 0.3) is 0 Å². The fourth-order valence-electron chi connectivity index (χ4n) is 3.47. The molecule has 0 aliphatic heterocycles. The predicted octanol–water partition coefficient (Wildman–Crippen LogP) is 4.14. The van der Waals surface area contributed by atoms with Crippen LogP contribution in [0.2, 0.25) is 0 Å². The maximum absolute atomic E-state index is 6.37. The Bertz CT molecular complexity index is 520. The molecule has 2 N–H and O–H groups in total. The molecule has 0 amide bonds. The first-order valence-corrected chi connectivity index (χ1v) is 7.67. The number of nitrogens with two attached hydrogens (primary N) is 1. The van der Waals surface area contributed by atoms with Crippen molar-refractivity contribution in [2.75, 3.05) is 0 Å². The Morgan fingerprint density at radius 2 is 1.50 bits per heavy atom. The molecule has 0 radical (unpaired) electrons. The molecule has 3 rings (SSSR count). The lowest BCUT2D eigenvalue weighted by Gasteiger charge is -2.34. The van der Waals surface area contributed by atoms with Gasteiger partial charge in [-0.2, -0.15) is 0 Å². The van der Waals surface area contributed by atoms with Crippen LogP contribution in [0.15, 0.2) is 60.7 Å². The average Bonchev–Trinajstić information content (AvgIpc) is 2.51. The Morgan fingerprint density at radius 1 is 0.850 bits per heavy atom. The fourth-order valence-corrected chi connectivity index (χ4v) is 3.47. The van der Waals surface area contributed by atoms with Crippen LogP contribution >= 0.6 is 0 Å². The lowest BCUT2D eigenvalue weighted by atomic mass is 9.73. The first kappa shape index (κ1) is 13.4. The molecule has 2 aromatic carbocycles. The highest BCUT2D eigenvalue weighted by Gasteiger charge is 2.28. The molecular weight excluding hydrogens is 242 g/mol. The van der Waals surface area contributed by atoms with Gasteiger partial charge < -0.3 is 5.73 Å². The lowest BCUT2D eigenvalue weighted by molar-refractivity contribution is 0.277. The van der Waals surface area contributed by atoms with Crippen molar-refractivity contribution in [1.29, 1.82) is 0 Å². The Morgan fingerprint density at radius 3 is 2.20 bits per heavy atom. The summed E-state index contributed by atoms with van der Waals surface area (Å²) in [6.07, 6.45) is 4.72. The molecule has 3 unspecified atom stereocenters. The Kier molecular flexibility index (Phi) is 4.17. The Labute approximate surface area is 121 Å². The zero-order valence-electron chi connectivity index (χ0n) is 11.9. The fraction of sp³-hybridized carbons (Fsp3) is 0.368. The number of hydrogen-bond acceptors (Lipinski definition) is 1. The van der Waals surface area contributed by atoms with Crippen LogP contribution in [-0.4, -0.2) is 6.04 Å². The van der Waals surface area contributed by atoms with Gasteiger partial charge in [0.2, 0.25) is 0 Å². The first-order chi connectivity index (χ1) is 9.83. The van der Waals surface area contributed by atoms with Gasteiger partial charge in [-0.25, -0.2) is 0 Å². The van der Waals surface area contributed by atoms with Gasteiger partial charge in [0.05, 0.1) is 0 Å².